The van der Waals surface area contributed by atoms with E-state index < -0.39 is 0 Å². The van der Waals surface area contributed by atoms with E-state index in [9.17, 15) is 5.26 Å². The molecule has 0 N–H and O–H groups in total. The third kappa shape index (κ3) is 3.09. The molecule has 0 aliphatic rings. The molecule has 0 aliphatic heterocycles. The summed E-state index contributed by atoms with van der Waals surface area (Å²) < 4.78 is 7.32. The minimum absolute atomic E-state index is 0.523. The fourth-order valence-corrected chi connectivity index (χ4v) is 2.70. The van der Waals surface area contributed by atoms with Crippen LogP contribution in [0.1, 0.15) is 25.8 Å². The van der Waals surface area contributed by atoms with Gasteiger partial charge in [0.2, 0.25) is 5.88 Å². The van der Waals surface area contributed by atoms with E-state index in [2.05, 4.69) is 34.5 Å². The van der Waals surface area contributed by atoms with Gasteiger partial charge in [0.1, 0.15) is 6.07 Å². The van der Waals surface area contributed by atoms with Crippen LogP contribution in [0, 0.1) is 17.2 Å². The Morgan fingerprint density at radius 1 is 1.29 bits per heavy atom. The summed E-state index contributed by atoms with van der Waals surface area (Å²) in [4.78, 5) is 8.67. The summed E-state index contributed by atoms with van der Waals surface area (Å²) in [5, 5.41) is 10.4. The average molecular weight is 320 g/mol. The highest BCUT2D eigenvalue weighted by Gasteiger charge is 2.11. The Labute approximate surface area is 141 Å². The quantitative estimate of drug-likeness (QED) is 0.712. The molecule has 0 saturated carbocycles. The molecule has 3 rings (SSSR count). The second-order valence-electron chi connectivity index (χ2n) is 6.19. The number of nitrogens with zero attached hydrogens (tertiary/aromatic N) is 4. The predicted molar refractivity (Wildman–Crippen MR) is 93.7 cm³/mol. The zero-order valence-electron chi connectivity index (χ0n) is 14.2. The second kappa shape index (κ2) is 6.71. The maximum Gasteiger partial charge on any atom is 0.216 e. The third-order valence-electron chi connectivity index (χ3n) is 4.05. The number of nitriles is 1. The molecule has 0 bridgehead atoms. The van der Waals surface area contributed by atoms with E-state index in [0.29, 0.717) is 23.2 Å². The number of aromatic nitrogens is 3. The Bertz CT molecular complexity index is 905. The van der Waals surface area contributed by atoms with Crippen LogP contribution in [-0.2, 0) is 6.54 Å². The first-order valence-electron chi connectivity index (χ1n) is 8.02. The molecule has 2 heterocycles. The van der Waals surface area contributed by atoms with Crippen molar-refractivity contribution in [1.82, 2.24) is 14.5 Å². The average Bonchev–Trinajstić information content (AvgIpc) is 2.97. The third-order valence-corrected chi connectivity index (χ3v) is 4.05. The molecule has 0 unspecified atom stereocenters. The molecule has 2 aromatic heterocycles. The van der Waals surface area contributed by atoms with Crippen LogP contribution < -0.4 is 4.74 Å². The lowest BCUT2D eigenvalue weighted by Crippen LogP contribution is -1.99. The second-order valence-corrected chi connectivity index (χ2v) is 6.19. The lowest BCUT2D eigenvalue weighted by molar-refractivity contribution is 0.397. The van der Waals surface area contributed by atoms with Crippen LogP contribution in [0.2, 0.25) is 0 Å². The number of rotatable bonds is 5. The summed E-state index contributed by atoms with van der Waals surface area (Å²) in [6.45, 7) is 5.31. The van der Waals surface area contributed by atoms with E-state index in [0.717, 1.165) is 29.4 Å². The molecule has 0 saturated heterocycles. The van der Waals surface area contributed by atoms with Crippen molar-refractivity contribution in [3.05, 3.63) is 42.2 Å². The lowest BCUT2D eigenvalue weighted by Gasteiger charge is -2.08. The summed E-state index contributed by atoms with van der Waals surface area (Å²) in [6.07, 6.45) is 4.68. The highest BCUT2D eigenvalue weighted by molar-refractivity contribution is 5.89. The van der Waals surface area contributed by atoms with Crippen molar-refractivity contribution in [3.63, 3.8) is 0 Å². The highest BCUT2D eigenvalue weighted by atomic mass is 16.5. The Morgan fingerprint density at radius 3 is 2.83 bits per heavy atom. The van der Waals surface area contributed by atoms with Crippen molar-refractivity contribution < 1.29 is 4.74 Å². The molecule has 0 radical (unpaired) electrons. The van der Waals surface area contributed by atoms with Gasteiger partial charge in [-0.3, -0.25) is 0 Å². The minimum Gasteiger partial charge on any atom is -0.481 e. The van der Waals surface area contributed by atoms with Crippen LogP contribution in [-0.4, -0.2) is 21.6 Å². The van der Waals surface area contributed by atoms with Crippen LogP contribution in [0.3, 0.4) is 0 Å². The van der Waals surface area contributed by atoms with E-state index in [1.54, 1.807) is 19.4 Å². The molecule has 24 heavy (non-hydrogen) atoms. The molecule has 0 aliphatic carbocycles. The molecule has 5 nitrogen and oxygen atoms in total. The van der Waals surface area contributed by atoms with Crippen molar-refractivity contribution in [3.8, 4) is 23.3 Å². The maximum atomic E-state index is 9.46. The number of hydrogen-bond acceptors (Lipinski definition) is 4. The lowest BCUT2D eigenvalue weighted by atomic mass is 10.1. The molecule has 1 aromatic carbocycles. The first-order chi connectivity index (χ1) is 11.6. The van der Waals surface area contributed by atoms with Crippen LogP contribution in [0.25, 0.3) is 22.3 Å². The van der Waals surface area contributed by atoms with E-state index in [-0.39, 0.29) is 0 Å². The smallest absolute Gasteiger partial charge is 0.216 e. The number of aryl methyl sites for hydroxylation is 1. The molecule has 0 amide bonds. The summed E-state index contributed by atoms with van der Waals surface area (Å²) in [5.74, 6) is 1.74. The topological polar surface area (TPSA) is 63.7 Å². The van der Waals surface area contributed by atoms with E-state index in [1.165, 1.54) is 0 Å². The minimum atomic E-state index is 0.523. The number of methoxy groups -OCH3 is 1. The van der Waals surface area contributed by atoms with Gasteiger partial charge in [0.05, 0.1) is 12.7 Å². The molecule has 0 fully saturated rings. The zero-order chi connectivity index (χ0) is 17.1. The van der Waals surface area contributed by atoms with Gasteiger partial charge in [0.25, 0.3) is 0 Å². The van der Waals surface area contributed by atoms with E-state index in [1.807, 2.05) is 24.4 Å². The SMILES string of the molecule is COc1ccnc(-c2ccc3c(c2)c(C#N)cn3CCC(C)C)n1. The fraction of sp³-hybridized carbons (Fsp3) is 0.316. The maximum absolute atomic E-state index is 9.46. The fourth-order valence-electron chi connectivity index (χ4n) is 2.70. The Kier molecular flexibility index (Phi) is 4.48. The summed E-state index contributed by atoms with van der Waals surface area (Å²) >= 11 is 0. The standard InChI is InChI=1S/C19H20N4O/c1-13(2)7-9-23-12-15(11-20)16-10-14(4-5-17(16)23)19-21-8-6-18(22-19)24-3/h4-6,8,10,12-13H,7,9H2,1-3H3. The number of ether oxygens (including phenoxy) is 1. The van der Waals surface area contributed by atoms with Gasteiger partial charge in [0.15, 0.2) is 5.82 Å². The summed E-state index contributed by atoms with van der Waals surface area (Å²) in [6, 6.07) is 10.0. The zero-order valence-corrected chi connectivity index (χ0v) is 14.2. The van der Waals surface area contributed by atoms with Gasteiger partial charge in [-0.2, -0.15) is 10.2 Å². The highest BCUT2D eigenvalue weighted by Crippen LogP contribution is 2.27. The van der Waals surface area contributed by atoms with Crippen molar-refractivity contribution >= 4 is 10.9 Å². The van der Waals surface area contributed by atoms with Crippen molar-refractivity contribution in [2.24, 2.45) is 5.92 Å². The largest absolute Gasteiger partial charge is 0.481 e. The number of benzene rings is 1. The Hall–Kier alpha value is -2.87. The predicted octanol–water partition coefficient (Wildman–Crippen LogP) is 4.02. The first-order valence-corrected chi connectivity index (χ1v) is 8.02. The molecular formula is C19H20N4O. The molecule has 0 spiro atoms. The van der Waals surface area contributed by atoms with Gasteiger partial charge in [-0.15, -0.1) is 0 Å². The number of hydrogen-bond donors (Lipinski definition) is 0. The van der Waals surface area contributed by atoms with Crippen LogP contribution >= 0.6 is 0 Å². The van der Waals surface area contributed by atoms with Crippen LogP contribution in [0.15, 0.2) is 36.7 Å². The van der Waals surface area contributed by atoms with Crippen molar-refractivity contribution in [2.45, 2.75) is 26.8 Å². The van der Waals surface area contributed by atoms with Crippen molar-refractivity contribution in [2.75, 3.05) is 7.11 Å². The van der Waals surface area contributed by atoms with Crippen LogP contribution in [0.4, 0.5) is 0 Å². The van der Waals surface area contributed by atoms with Crippen molar-refractivity contribution in [1.29, 1.82) is 5.26 Å². The van der Waals surface area contributed by atoms with Gasteiger partial charge in [-0.25, -0.2) is 4.98 Å². The van der Waals surface area contributed by atoms with E-state index >= 15 is 0 Å². The molecule has 122 valence electrons. The molecule has 5 heteroatoms. The Morgan fingerprint density at radius 2 is 2.12 bits per heavy atom. The number of fused-ring (bicyclic) bond motifs is 1. The van der Waals surface area contributed by atoms with Gasteiger partial charge in [-0.1, -0.05) is 13.8 Å². The monoisotopic (exact) mass is 320 g/mol. The van der Waals surface area contributed by atoms with Crippen LogP contribution in [0.5, 0.6) is 5.88 Å². The Balaban J connectivity index is 2.06. The summed E-state index contributed by atoms with van der Waals surface area (Å²) in [7, 11) is 1.58. The molecule has 0 atom stereocenters. The normalized spacial score (nSPS) is 11.0. The van der Waals surface area contributed by atoms with Gasteiger partial charge in [0, 0.05) is 41.5 Å². The molecule has 3 aromatic rings. The van der Waals surface area contributed by atoms with E-state index in [4.69, 9.17) is 4.74 Å². The summed E-state index contributed by atoms with van der Waals surface area (Å²) in [5.41, 5.74) is 2.62. The van der Waals surface area contributed by atoms with Gasteiger partial charge < -0.3 is 9.30 Å². The van der Waals surface area contributed by atoms with Gasteiger partial charge >= 0.3 is 0 Å². The van der Waals surface area contributed by atoms with Gasteiger partial charge in [-0.05, 0) is 30.5 Å². The first kappa shape index (κ1) is 16.0. The molecular weight excluding hydrogens is 300 g/mol.